The summed E-state index contributed by atoms with van der Waals surface area (Å²) < 4.78 is 1.54. The molecule has 0 saturated carbocycles. The summed E-state index contributed by atoms with van der Waals surface area (Å²) >= 11 is 0. The van der Waals surface area contributed by atoms with Crippen molar-refractivity contribution in [1.29, 1.82) is 0 Å². The van der Waals surface area contributed by atoms with Crippen LogP contribution in [0.2, 0.25) is 0 Å². The van der Waals surface area contributed by atoms with Crippen molar-refractivity contribution in [3.05, 3.63) is 76.7 Å². The zero-order valence-corrected chi connectivity index (χ0v) is 16.2. The lowest BCUT2D eigenvalue weighted by Gasteiger charge is -2.10. The Morgan fingerprint density at radius 3 is 2.64 bits per heavy atom. The fourth-order valence-corrected chi connectivity index (χ4v) is 2.77. The number of aryl methyl sites for hydroxylation is 1. The maximum absolute atomic E-state index is 11.6. The van der Waals surface area contributed by atoms with E-state index in [2.05, 4.69) is 15.3 Å². The van der Waals surface area contributed by atoms with Crippen LogP contribution < -0.4 is 22.3 Å². The number of nitrogens with two attached hydrogens (primary N) is 2. The Morgan fingerprint density at radius 1 is 1.18 bits per heavy atom. The van der Waals surface area contributed by atoms with Crippen molar-refractivity contribution < 1.29 is 0 Å². The molecule has 0 amide bonds. The fraction of sp³-hybridized carbons (Fsp3) is 0.190. The molecule has 0 radical (unpaired) electrons. The van der Waals surface area contributed by atoms with Gasteiger partial charge in [0.2, 0.25) is 5.56 Å². The summed E-state index contributed by atoms with van der Waals surface area (Å²) in [6.07, 6.45) is 6.90. The largest absolute Gasteiger partial charge is 0.404 e. The highest BCUT2D eigenvalue weighted by molar-refractivity contribution is 5.81. The Balaban J connectivity index is 1.93. The Bertz CT molecular complexity index is 1130. The molecule has 3 rings (SSSR count). The van der Waals surface area contributed by atoms with Gasteiger partial charge in [-0.3, -0.25) is 9.78 Å². The molecule has 0 atom stereocenters. The Hall–Kier alpha value is -3.61. The van der Waals surface area contributed by atoms with Gasteiger partial charge in [-0.05, 0) is 53.6 Å². The molecule has 7 nitrogen and oxygen atoms in total. The molecule has 0 aliphatic heterocycles. The summed E-state index contributed by atoms with van der Waals surface area (Å²) in [7, 11) is 1.72. The first-order chi connectivity index (χ1) is 13.4. The molecule has 0 aromatic carbocycles. The molecule has 0 saturated heterocycles. The standard InChI is InChI=1S/C21H24N6O/c1-13(2)15(10-22)9-19(23)26-20-6-5-17-18(25-20)8-16(11-24-17)14-4-7-21(28)27(3)12-14/h4-13H,22-23H2,1-3H3,(H,25,26)/b15-10+,19-9+. The minimum absolute atomic E-state index is 0.0586. The van der Waals surface area contributed by atoms with E-state index in [9.17, 15) is 4.79 Å². The highest BCUT2D eigenvalue weighted by Gasteiger charge is 2.06. The number of allylic oxidation sites excluding steroid dienone is 2. The Morgan fingerprint density at radius 2 is 1.96 bits per heavy atom. The van der Waals surface area contributed by atoms with Crippen LogP contribution in [0.4, 0.5) is 5.82 Å². The number of pyridine rings is 3. The number of anilines is 1. The van der Waals surface area contributed by atoms with Crippen LogP contribution in [0.5, 0.6) is 0 Å². The first-order valence-corrected chi connectivity index (χ1v) is 8.97. The van der Waals surface area contributed by atoms with Crippen LogP contribution in [-0.4, -0.2) is 14.5 Å². The zero-order chi connectivity index (χ0) is 20.3. The minimum atomic E-state index is -0.0586. The average molecular weight is 376 g/mol. The van der Waals surface area contributed by atoms with Gasteiger partial charge in [0, 0.05) is 31.1 Å². The lowest BCUT2D eigenvalue weighted by atomic mass is 10.0. The van der Waals surface area contributed by atoms with E-state index >= 15 is 0 Å². The summed E-state index contributed by atoms with van der Waals surface area (Å²) in [4.78, 5) is 20.7. The van der Waals surface area contributed by atoms with Crippen LogP contribution in [0.3, 0.4) is 0 Å². The van der Waals surface area contributed by atoms with E-state index in [1.807, 2.05) is 32.0 Å². The van der Waals surface area contributed by atoms with E-state index in [0.717, 1.165) is 27.7 Å². The number of fused-ring (bicyclic) bond motifs is 1. The van der Waals surface area contributed by atoms with E-state index in [-0.39, 0.29) is 11.5 Å². The molecule has 0 bridgehead atoms. The van der Waals surface area contributed by atoms with Crippen molar-refractivity contribution in [3.63, 3.8) is 0 Å². The van der Waals surface area contributed by atoms with Crippen molar-refractivity contribution in [2.75, 3.05) is 5.32 Å². The monoisotopic (exact) mass is 376 g/mol. The van der Waals surface area contributed by atoms with Crippen molar-refractivity contribution in [3.8, 4) is 11.1 Å². The summed E-state index contributed by atoms with van der Waals surface area (Å²) in [5, 5.41) is 3.09. The highest BCUT2D eigenvalue weighted by atomic mass is 16.1. The lowest BCUT2D eigenvalue weighted by molar-refractivity contribution is 0.786. The normalized spacial score (nSPS) is 12.6. The maximum atomic E-state index is 11.6. The van der Waals surface area contributed by atoms with Gasteiger partial charge in [0.1, 0.15) is 11.6 Å². The van der Waals surface area contributed by atoms with Crippen molar-refractivity contribution in [1.82, 2.24) is 14.5 Å². The van der Waals surface area contributed by atoms with Gasteiger partial charge in [0.05, 0.1) is 11.0 Å². The minimum Gasteiger partial charge on any atom is -0.404 e. The molecule has 3 aromatic rings. The number of hydrogen-bond donors (Lipinski definition) is 3. The van der Waals surface area contributed by atoms with E-state index in [1.54, 1.807) is 37.8 Å². The van der Waals surface area contributed by atoms with Crippen molar-refractivity contribution in [2.45, 2.75) is 13.8 Å². The van der Waals surface area contributed by atoms with E-state index in [0.29, 0.717) is 11.6 Å². The molecule has 0 fully saturated rings. The first-order valence-electron chi connectivity index (χ1n) is 8.97. The average Bonchev–Trinajstić information content (AvgIpc) is 2.67. The Labute approximate surface area is 163 Å². The third-order valence-electron chi connectivity index (χ3n) is 4.41. The fourth-order valence-electron chi connectivity index (χ4n) is 2.77. The second kappa shape index (κ2) is 7.96. The number of hydrogen-bond acceptors (Lipinski definition) is 6. The van der Waals surface area contributed by atoms with Gasteiger partial charge < -0.3 is 21.4 Å². The SMILES string of the molecule is CC(C)C(=C/N)/C=C(\N)Nc1ccc2ncc(-c3ccc(=O)n(C)c3)cc2n1. The summed E-state index contributed by atoms with van der Waals surface area (Å²) in [5.74, 6) is 1.34. The van der Waals surface area contributed by atoms with Crippen LogP contribution in [0.25, 0.3) is 22.2 Å². The van der Waals surface area contributed by atoms with Crippen LogP contribution in [0.1, 0.15) is 13.8 Å². The van der Waals surface area contributed by atoms with E-state index in [1.165, 1.54) is 10.6 Å². The number of nitrogens with one attached hydrogen (secondary N) is 1. The molecule has 5 N–H and O–H groups in total. The first kappa shape index (κ1) is 19.2. The van der Waals surface area contributed by atoms with Gasteiger partial charge in [-0.1, -0.05) is 13.8 Å². The third kappa shape index (κ3) is 4.20. The molecular formula is C21H24N6O. The molecule has 28 heavy (non-hydrogen) atoms. The predicted octanol–water partition coefficient (Wildman–Crippen LogP) is 2.71. The molecule has 3 heterocycles. The second-order valence-corrected chi connectivity index (χ2v) is 6.87. The topological polar surface area (TPSA) is 112 Å². The molecular weight excluding hydrogens is 352 g/mol. The van der Waals surface area contributed by atoms with Crippen molar-refractivity contribution >= 4 is 16.9 Å². The maximum Gasteiger partial charge on any atom is 0.250 e. The molecule has 144 valence electrons. The molecule has 0 aliphatic rings. The molecule has 3 aromatic heterocycles. The molecule has 0 spiro atoms. The highest BCUT2D eigenvalue weighted by Crippen LogP contribution is 2.22. The summed E-state index contributed by atoms with van der Waals surface area (Å²) in [5.41, 5.74) is 15.9. The van der Waals surface area contributed by atoms with Gasteiger partial charge in [-0.25, -0.2) is 4.98 Å². The van der Waals surface area contributed by atoms with Gasteiger partial charge in [-0.2, -0.15) is 0 Å². The summed E-state index contributed by atoms with van der Waals surface area (Å²) in [6.45, 7) is 4.09. The number of aromatic nitrogens is 3. The van der Waals surface area contributed by atoms with Gasteiger partial charge >= 0.3 is 0 Å². The quantitative estimate of drug-likeness (QED) is 0.590. The van der Waals surface area contributed by atoms with Crippen LogP contribution in [-0.2, 0) is 7.05 Å². The van der Waals surface area contributed by atoms with E-state index < -0.39 is 0 Å². The smallest absolute Gasteiger partial charge is 0.250 e. The van der Waals surface area contributed by atoms with Crippen LogP contribution in [0, 0.1) is 5.92 Å². The second-order valence-electron chi connectivity index (χ2n) is 6.87. The lowest BCUT2D eigenvalue weighted by Crippen LogP contribution is -2.13. The van der Waals surface area contributed by atoms with Gasteiger partial charge in [-0.15, -0.1) is 0 Å². The molecule has 0 aliphatic carbocycles. The number of rotatable bonds is 5. The van der Waals surface area contributed by atoms with Gasteiger partial charge in [0.25, 0.3) is 0 Å². The van der Waals surface area contributed by atoms with Crippen LogP contribution in [0.15, 0.2) is 71.2 Å². The third-order valence-corrected chi connectivity index (χ3v) is 4.41. The van der Waals surface area contributed by atoms with Crippen molar-refractivity contribution in [2.24, 2.45) is 24.4 Å². The van der Waals surface area contributed by atoms with E-state index in [4.69, 9.17) is 11.5 Å². The predicted molar refractivity (Wildman–Crippen MR) is 113 cm³/mol. The Kier molecular flexibility index (Phi) is 5.44. The van der Waals surface area contributed by atoms with Gasteiger partial charge in [0.15, 0.2) is 0 Å². The number of nitrogens with zero attached hydrogens (tertiary/aromatic N) is 3. The van der Waals surface area contributed by atoms with Crippen LogP contribution >= 0.6 is 0 Å². The molecule has 0 unspecified atom stereocenters. The summed E-state index contributed by atoms with van der Waals surface area (Å²) in [6, 6.07) is 8.95. The zero-order valence-electron chi connectivity index (χ0n) is 16.2. The molecule has 7 heteroatoms.